The molecule has 0 aromatic rings. The van der Waals surface area contributed by atoms with Gasteiger partial charge in [-0.05, 0) is 57.0 Å². The zero-order chi connectivity index (χ0) is 32.9. The van der Waals surface area contributed by atoms with E-state index in [0.29, 0.717) is 31.6 Å². The van der Waals surface area contributed by atoms with Crippen molar-refractivity contribution in [2.75, 3.05) is 34.8 Å². The van der Waals surface area contributed by atoms with Crippen molar-refractivity contribution in [3.05, 3.63) is 11.8 Å². The van der Waals surface area contributed by atoms with Crippen molar-refractivity contribution >= 4 is 29.6 Å². The minimum Gasteiger partial charge on any atom is -0.499 e. The van der Waals surface area contributed by atoms with Gasteiger partial charge in [0.05, 0.1) is 13.2 Å². The second kappa shape index (κ2) is 15.2. The van der Waals surface area contributed by atoms with Gasteiger partial charge in [0.25, 0.3) is 17.7 Å². The van der Waals surface area contributed by atoms with Gasteiger partial charge in [-0.25, -0.2) is 0 Å². The van der Waals surface area contributed by atoms with Crippen LogP contribution in [0.4, 0.5) is 0 Å². The summed E-state index contributed by atoms with van der Waals surface area (Å²) in [4.78, 5) is 73.8. The Balaban J connectivity index is 2.32. The number of esters is 1. The molecular formula is C32H54N4O7. The van der Waals surface area contributed by atoms with Gasteiger partial charge in [-0.3, -0.25) is 33.8 Å². The molecule has 0 spiro atoms. The fourth-order valence-corrected chi connectivity index (χ4v) is 6.09. The molecule has 0 radical (unpaired) electrons. The van der Waals surface area contributed by atoms with Gasteiger partial charge in [0, 0.05) is 19.7 Å². The number of carbonyl (C=O) groups is 5. The molecule has 11 nitrogen and oxygen atoms in total. The average molecular weight is 607 g/mol. The van der Waals surface area contributed by atoms with Gasteiger partial charge in [-0.1, -0.05) is 55.4 Å². The van der Waals surface area contributed by atoms with Gasteiger partial charge < -0.3 is 19.3 Å². The first-order valence-electron chi connectivity index (χ1n) is 15.5. The fraction of sp³-hybridized carbons (Fsp3) is 0.781. The van der Waals surface area contributed by atoms with Crippen LogP contribution >= 0.6 is 0 Å². The third-order valence-electron chi connectivity index (χ3n) is 8.33. The maximum Gasteiger partial charge on any atom is 0.324 e. The lowest BCUT2D eigenvalue weighted by molar-refractivity contribution is -0.169. The number of carbonyl (C=O) groups excluding carboxylic acids is 5. The fourth-order valence-electron chi connectivity index (χ4n) is 6.09. The van der Waals surface area contributed by atoms with Gasteiger partial charge >= 0.3 is 5.97 Å². The van der Waals surface area contributed by atoms with Crippen molar-refractivity contribution in [2.45, 2.75) is 105 Å². The van der Waals surface area contributed by atoms with Crippen molar-refractivity contribution < 1.29 is 33.4 Å². The summed E-state index contributed by atoms with van der Waals surface area (Å²) >= 11 is 0. The molecule has 1 saturated heterocycles. The molecule has 2 aliphatic heterocycles. The second-order valence-corrected chi connectivity index (χ2v) is 13.5. The molecule has 0 aromatic carbocycles. The SMILES string of the molecule is COC1=CC(=O)N(C(=O)[C@@H]2CCCN2C(=O)[C@H](C(C)C)N(C)C(=O)[C@@H](OC(=O)[C@H](CC(C)C)N(C)C)C(C)C)[C@H]1C(C)C. The maximum absolute atomic E-state index is 14.1. The van der Waals surface area contributed by atoms with Gasteiger partial charge in [0.2, 0.25) is 5.91 Å². The molecule has 2 heterocycles. The smallest absolute Gasteiger partial charge is 0.324 e. The number of rotatable bonds is 13. The Bertz CT molecular complexity index is 1070. The molecule has 43 heavy (non-hydrogen) atoms. The van der Waals surface area contributed by atoms with E-state index >= 15 is 0 Å². The third kappa shape index (κ3) is 8.16. The summed E-state index contributed by atoms with van der Waals surface area (Å²) < 4.78 is 11.2. The number of likely N-dealkylation sites (tertiary alicyclic amines) is 1. The summed E-state index contributed by atoms with van der Waals surface area (Å²) in [5.74, 6) is -2.24. The number of likely N-dealkylation sites (N-methyl/N-ethyl adjacent to an activating group) is 2. The number of amides is 4. The Morgan fingerprint density at radius 1 is 0.977 bits per heavy atom. The highest BCUT2D eigenvalue weighted by molar-refractivity contribution is 6.07. The standard InChI is InChI=1S/C32H54N4O7/c1-18(2)16-23(33(9)10)32(41)43-28(21(7)8)31(40)34(11)27(20(5)6)30(39)35-15-13-14-22(35)29(38)36-25(37)17-24(42-12)26(36)19(3)4/h17-23,26-28H,13-16H2,1-12H3/t22-,23-,26-,27-,28-/m0/s1. The van der Waals surface area contributed by atoms with E-state index in [0.717, 1.165) is 0 Å². The molecule has 0 saturated carbocycles. The van der Waals surface area contributed by atoms with E-state index in [-0.39, 0.29) is 29.6 Å². The first-order valence-corrected chi connectivity index (χ1v) is 15.5. The minimum atomic E-state index is -1.08. The third-order valence-corrected chi connectivity index (χ3v) is 8.33. The number of ether oxygens (including phenoxy) is 2. The van der Waals surface area contributed by atoms with Crippen LogP contribution in [0.3, 0.4) is 0 Å². The van der Waals surface area contributed by atoms with E-state index in [2.05, 4.69) is 0 Å². The Hall–Kier alpha value is -2.95. The van der Waals surface area contributed by atoms with E-state index in [1.807, 2.05) is 41.5 Å². The van der Waals surface area contributed by atoms with Crippen molar-refractivity contribution in [2.24, 2.45) is 23.7 Å². The molecule has 0 unspecified atom stereocenters. The molecule has 2 rings (SSSR count). The first-order chi connectivity index (χ1) is 20.0. The molecule has 0 N–H and O–H groups in total. The minimum absolute atomic E-state index is 0.0809. The summed E-state index contributed by atoms with van der Waals surface area (Å²) in [7, 11) is 6.63. The van der Waals surface area contributed by atoms with Crippen molar-refractivity contribution in [1.29, 1.82) is 0 Å². The number of methoxy groups -OCH3 is 1. The van der Waals surface area contributed by atoms with Crippen LogP contribution in [0, 0.1) is 23.7 Å². The van der Waals surface area contributed by atoms with E-state index in [4.69, 9.17) is 9.47 Å². The quantitative estimate of drug-likeness (QED) is 0.232. The lowest BCUT2D eigenvalue weighted by Gasteiger charge is -2.38. The predicted molar refractivity (Wildman–Crippen MR) is 163 cm³/mol. The van der Waals surface area contributed by atoms with Gasteiger partial charge in [0.15, 0.2) is 6.10 Å². The summed E-state index contributed by atoms with van der Waals surface area (Å²) in [6, 6.07) is -2.78. The Morgan fingerprint density at radius 2 is 1.58 bits per heavy atom. The molecule has 244 valence electrons. The highest BCUT2D eigenvalue weighted by Gasteiger charge is 2.48. The molecule has 0 aromatic heterocycles. The summed E-state index contributed by atoms with van der Waals surface area (Å²) in [5.41, 5.74) is 0. The summed E-state index contributed by atoms with van der Waals surface area (Å²) in [6.07, 6.45) is 1.85. The van der Waals surface area contributed by atoms with Crippen LogP contribution in [0.1, 0.15) is 74.7 Å². The van der Waals surface area contributed by atoms with Crippen LogP contribution in [-0.4, -0.2) is 114 Å². The van der Waals surface area contributed by atoms with E-state index in [1.54, 1.807) is 39.9 Å². The topological polar surface area (TPSA) is 117 Å². The van der Waals surface area contributed by atoms with Crippen LogP contribution in [0.25, 0.3) is 0 Å². The van der Waals surface area contributed by atoms with Crippen molar-refractivity contribution in [3.63, 3.8) is 0 Å². The van der Waals surface area contributed by atoms with Gasteiger partial charge in [0.1, 0.15) is 23.9 Å². The molecule has 2 aliphatic rings. The largest absolute Gasteiger partial charge is 0.499 e. The Morgan fingerprint density at radius 3 is 2.05 bits per heavy atom. The molecule has 0 bridgehead atoms. The Kier molecular flexibility index (Phi) is 12.8. The normalized spacial score (nSPS) is 21.1. The van der Waals surface area contributed by atoms with Crippen molar-refractivity contribution in [1.82, 2.24) is 19.6 Å². The first kappa shape index (κ1) is 36.2. The maximum atomic E-state index is 14.1. The zero-order valence-electron chi connectivity index (χ0n) is 28.2. The lowest BCUT2D eigenvalue weighted by Crippen LogP contribution is -2.59. The van der Waals surface area contributed by atoms with Gasteiger partial charge in [-0.15, -0.1) is 0 Å². The van der Waals surface area contributed by atoms with Crippen LogP contribution in [-0.2, 0) is 33.4 Å². The van der Waals surface area contributed by atoms with Crippen LogP contribution < -0.4 is 0 Å². The number of nitrogens with zero attached hydrogens (tertiary/aromatic N) is 4. The van der Waals surface area contributed by atoms with E-state index in [9.17, 15) is 24.0 Å². The number of imide groups is 1. The van der Waals surface area contributed by atoms with E-state index < -0.39 is 54.0 Å². The zero-order valence-corrected chi connectivity index (χ0v) is 28.2. The molecule has 4 amide bonds. The summed E-state index contributed by atoms with van der Waals surface area (Å²) in [5, 5.41) is 0. The molecule has 11 heteroatoms. The second-order valence-electron chi connectivity index (χ2n) is 13.5. The molecular weight excluding hydrogens is 552 g/mol. The highest BCUT2D eigenvalue weighted by Crippen LogP contribution is 2.31. The number of hydrogen-bond donors (Lipinski definition) is 0. The van der Waals surface area contributed by atoms with Crippen LogP contribution in [0.5, 0.6) is 0 Å². The van der Waals surface area contributed by atoms with Crippen molar-refractivity contribution in [3.8, 4) is 0 Å². The van der Waals surface area contributed by atoms with Gasteiger partial charge in [-0.2, -0.15) is 0 Å². The monoisotopic (exact) mass is 606 g/mol. The van der Waals surface area contributed by atoms with Crippen LogP contribution in [0.2, 0.25) is 0 Å². The number of hydrogen-bond acceptors (Lipinski definition) is 8. The average Bonchev–Trinajstić information content (AvgIpc) is 3.53. The summed E-state index contributed by atoms with van der Waals surface area (Å²) in [6.45, 7) is 15.5. The van der Waals surface area contributed by atoms with Crippen LogP contribution in [0.15, 0.2) is 11.8 Å². The molecule has 5 atom stereocenters. The molecule has 1 fully saturated rings. The molecule has 0 aliphatic carbocycles. The Labute approximate surface area is 257 Å². The van der Waals surface area contributed by atoms with E-state index in [1.165, 1.54) is 27.9 Å². The predicted octanol–water partition coefficient (Wildman–Crippen LogP) is 2.93. The lowest BCUT2D eigenvalue weighted by atomic mass is 9.97. The highest BCUT2D eigenvalue weighted by atomic mass is 16.6.